The van der Waals surface area contributed by atoms with Gasteiger partial charge in [0.1, 0.15) is 5.82 Å². The highest BCUT2D eigenvalue weighted by molar-refractivity contribution is 9.10. The average molecular weight is 498 g/mol. The highest BCUT2D eigenvalue weighted by Gasteiger charge is 2.30. The molecule has 2 aromatic carbocycles. The maximum atomic E-state index is 14.2. The number of anilines is 2. The first kappa shape index (κ1) is 20.7. The number of aryl methyl sites for hydroxylation is 1. The van der Waals surface area contributed by atoms with Crippen LogP contribution in [0.1, 0.15) is 12.5 Å². The van der Waals surface area contributed by atoms with Crippen LogP contribution in [0.5, 0.6) is 0 Å². The van der Waals surface area contributed by atoms with Gasteiger partial charge in [-0.3, -0.25) is 13.9 Å². The van der Waals surface area contributed by atoms with Crippen LogP contribution in [0.25, 0.3) is 11.2 Å². The first-order valence-corrected chi connectivity index (χ1v) is 11.1. The van der Waals surface area contributed by atoms with Crippen LogP contribution in [0.15, 0.2) is 62.6 Å². The van der Waals surface area contributed by atoms with Gasteiger partial charge in [0.05, 0.1) is 6.54 Å². The third-order valence-electron chi connectivity index (χ3n) is 5.87. The molecule has 7 nitrogen and oxygen atoms in total. The number of nitrogens with zero attached hydrogens (tertiary/aromatic N) is 5. The minimum atomic E-state index is -0.524. The van der Waals surface area contributed by atoms with E-state index >= 15 is 0 Å². The van der Waals surface area contributed by atoms with Crippen LogP contribution in [-0.4, -0.2) is 25.2 Å². The average Bonchev–Trinajstić information content (AvgIpc) is 3.16. The fourth-order valence-corrected chi connectivity index (χ4v) is 4.54. The predicted molar refractivity (Wildman–Crippen MR) is 125 cm³/mol. The molecule has 2 aromatic heterocycles. The van der Waals surface area contributed by atoms with Crippen molar-refractivity contribution in [1.82, 2.24) is 18.7 Å². The molecule has 9 heteroatoms. The Morgan fingerprint density at radius 2 is 1.81 bits per heavy atom. The standard InChI is InChI=1S/C23H21BrFN5O2/c1-14-11-28(17-9-7-16(24)8-10-17)22-26-20-19(29(22)12-14)21(31)30(23(32)27(20)2)13-15-5-3-4-6-18(15)25/h3-10,14H,11-13H2,1-2H3/t14-/m0/s1. The van der Waals surface area contributed by atoms with Gasteiger partial charge in [-0.15, -0.1) is 0 Å². The molecule has 0 unspecified atom stereocenters. The molecule has 0 spiro atoms. The van der Waals surface area contributed by atoms with Gasteiger partial charge in [0.15, 0.2) is 11.2 Å². The van der Waals surface area contributed by atoms with E-state index in [1.165, 1.54) is 10.6 Å². The van der Waals surface area contributed by atoms with E-state index in [-0.39, 0.29) is 18.0 Å². The lowest BCUT2D eigenvalue weighted by Gasteiger charge is -2.33. The van der Waals surface area contributed by atoms with E-state index in [1.54, 1.807) is 25.2 Å². The minimum Gasteiger partial charge on any atom is -0.312 e. The van der Waals surface area contributed by atoms with Crippen LogP contribution in [0.3, 0.4) is 0 Å². The molecule has 5 rings (SSSR count). The van der Waals surface area contributed by atoms with Crippen LogP contribution in [0.2, 0.25) is 0 Å². The third kappa shape index (κ3) is 3.28. The van der Waals surface area contributed by atoms with E-state index in [9.17, 15) is 14.0 Å². The Morgan fingerprint density at radius 1 is 1.09 bits per heavy atom. The number of benzene rings is 2. The molecule has 164 valence electrons. The molecule has 0 aliphatic carbocycles. The van der Waals surface area contributed by atoms with E-state index in [0.717, 1.165) is 21.3 Å². The molecule has 1 atom stereocenters. The zero-order chi connectivity index (χ0) is 22.6. The highest BCUT2D eigenvalue weighted by atomic mass is 79.9. The van der Waals surface area contributed by atoms with Crippen molar-refractivity contribution in [1.29, 1.82) is 0 Å². The highest BCUT2D eigenvalue weighted by Crippen LogP contribution is 2.33. The SMILES string of the molecule is C[C@H]1CN(c2ccc(Br)cc2)c2nc3c(c(=O)n(Cc4ccccc4F)c(=O)n3C)n2C1. The molecule has 4 aromatic rings. The lowest BCUT2D eigenvalue weighted by Crippen LogP contribution is -2.40. The topological polar surface area (TPSA) is 65.1 Å². The predicted octanol–water partition coefficient (Wildman–Crippen LogP) is 3.63. The lowest BCUT2D eigenvalue weighted by atomic mass is 10.1. The molecule has 0 bridgehead atoms. The molecule has 3 heterocycles. The largest absolute Gasteiger partial charge is 0.332 e. The second kappa shape index (κ2) is 7.74. The van der Waals surface area contributed by atoms with Crippen molar-refractivity contribution >= 4 is 38.7 Å². The molecule has 1 aliphatic rings. The van der Waals surface area contributed by atoms with Crippen LogP contribution < -0.4 is 16.1 Å². The van der Waals surface area contributed by atoms with E-state index in [4.69, 9.17) is 4.98 Å². The van der Waals surface area contributed by atoms with E-state index < -0.39 is 17.1 Å². The summed E-state index contributed by atoms with van der Waals surface area (Å²) in [7, 11) is 1.59. The Labute approximate surface area is 191 Å². The van der Waals surface area contributed by atoms with Crippen molar-refractivity contribution < 1.29 is 4.39 Å². The monoisotopic (exact) mass is 497 g/mol. The minimum absolute atomic E-state index is 0.138. The van der Waals surface area contributed by atoms with Crippen molar-refractivity contribution in [2.24, 2.45) is 13.0 Å². The Bertz CT molecular complexity index is 1450. The molecule has 0 N–H and O–H groups in total. The first-order chi connectivity index (χ1) is 15.3. The summed E-state index contributed by atoms with van der Waals surface area (Å²) in [6, 6.07) is 14.1. The molecule has 0 saturated carbocycles. The van der Waals surface area contributed by atoms with Crippen molar-refractivity contribution in [3.8, 4) is 0 Å². The Kier molecular flexibility index (Phi) is 5.00. The summed E-state index contributed by atoms with van der Waals surface area (Å²) >= 11 is 3.46. The van der Waals surface area contributed by atoms with Crippen molar-refractivity contribution in [2.45, 2.75) is 20.0 Å². The molecule has 0 fully saturated rings. The number of imidazole rings is 1. The summed E-state index contributed by atoms with van der Waals surface area (Å²) in [5, 5.41) is 0. The number of fused-ring (bicyclic) bond motifs is 3. The number of hydrogen-bond donors (Lipinski definition) is 0. The lowest BCUT2D eigenvalue weighted by molar-refractivity contribution is 0.458. The summed E-state index contributed by atoms with van der Waals surface area (Å²) in [5.74, 6) is 0.420. The summed E-state index contributed by atoms with van der Waals surface area (Å²) in [6.45, 7) is 3.31. The Hall–Kier alpha value is -3.20. The van der Waals surface area contributed by atoms with Crippen LogP contribution in [0.4, 0.5) is 16.0 Å². The van der Waals surface area contributed by atoms with Gasteiger partial charge in [0.25, 0.3) is 5.56 Å². The van der Waals surface area contributed by atoms with Crippen molar-refractivity contribution in [2.75, 3.05) is 11.4 Å². The molecule has 1 aliphatic heterocycles. The number of aromatic nitrogens is 4. The van der Waals surface area contributed by atoms with Crippen molar-refractivity contribution in [3.63, 3.8) is 0 Å². The van der Waals surface area contributed by atoms with Gasteiger partial charge >= 0.3 is 5.69 Å². The number of hydrogen-bond acceptors (Lipinski definition) is 4. The fraction of sp³-hybridized carbons (Fsp3) is 0.261. The molecule has 0 amide bonds. The second-order valence-electron chi connectivity index (χ2n) is 8.21. The smallest absolute Gasteiger partial charge is 0.312 e. The first-order valence-electron chi connectivity index (χ1n) is 10.3. The molecule has 0 saturated heterocycles. The molecule has 32 heavy (non-hydrogen) atoms. The Morgan fingerprint density at radius 3 is 2.53 bits per heavy atom. The quantitative estimate of drug-likeness (QED) is 0.433. The van der Waals surface area contributed by atoms with Crippen LogP contribution in [0, 0.1) is 11.7 Å². The third-order valence-corrected chi connectivity index (χ3v) is 6.40. The molecule has 0 radical (unpaired) electrons. The maximum Gasteiger partial charge on any atom is 0.332 e. The van der Waals surface area contributed by atoms with Gasteiger partial charge in [-0.1, -0.05) is 41.1 Å². The van der Waals surface area contributed by atoms with Gasteiger partial charge in [-0.2, -0.15) is 4.98 Å². The summed E-state index contributed by atoms with van der Waals surface area (Å²) < 4.78 is 19.5. The normalized spacial score (nSPS) is 15.9. The van der Waals surface area contributed by atoms with E-state index in [0.29, 0.717) is 23.7 Å². The van der Waals surface area contributed by atoms with Gasteiger partial charge in [0, 0.05) is 35.9 Å². The van der Waals surface area contributed by atoms with E-state index in [2.05, 4.69) is 27.8 Å². The zero-order valence-corrected chi connectivity index (χ0v) is 19.2. The molecular formula is C23H21BrFN5O2. The fourth-order valence-electron chi connectivity index (χ4n) is 4.28. The van der Waals surface area contributed by atoms with Gasteiger partial charge < -0.3 is 9.47 Å². The van der Waals surface area contributed by atoms with Gasteiger partial charge in [-0.05, 0) is 36.2 Å². The number of halogens is 2. The maximum absolute atomic E-state index is 14.2. The summed E-state index contributed by atoms with van der Waals surface area (Å²) in [6.07, 6.45) is 0. The van der Waals surface area contributed by atoms with Crippen LogP contribution in [-0.2, 0) is 20.1 Å². The number of rotatable bonds is 3. The van der Waals surface area contributed by atoms with Crippen LogP contribution >= 0.6 is 15.9 Å². The summed E-state index contributed by atoms with van der Waals surface area (Å²) in [5.41, 5.74) is 0.935. The Balaban J connectivity index is 1.73. The van der Waals surface area contributed by atoms with Gasteiger partial charge in [0.2, 0.25) is 5.95 Å². The van der Waals surface area contributed by atoms with Gasteiger partial charge in [-0.25, -0.2) is 9.18 Å². The second-order valence-corrected chi connectivity index (χ2v) is 9.13. The molecular weight excluding hydrogens is 477 g/mol. The summed E-state index contributed by atoms with van der Waals surface area (Å²) in [4.78, 5) is 33.3. The zero-order valence-electron chi connectivity index (χ0n) is 17.6. The van der Waals surface area contributed by atoms with E-state index in [1.807, 2.05) is 28.8 Å². The van der Waals surface area contributed by atoms with Crippen molar-refractivity contribution in [3.05, 3.63) is 85.2 Å².